The minimum atomic E-state index is 0.806. The van der Waals surface area contributed by atoms with Crippen molar-refractivity contribution in [1.82, 2.24) is 10.2 Å². The number of hydrogen-bond donors (Lipinski definition) is 1. The predicted molar refractivity (Wildman–Crippen MR) is 70.9 cm³/mol. The number of halogens is 1. The van der Waals surface area contributed by atoms with Crippen LogP contribution in [0.3, 0.4) is 0 Å². The van der Waals surface area contributed by atoms with E-state index in [2.05, 4.69) is 29.4 Å². The number of hydrogen-bond acceptors (Lipinski definition) is 2. The summed E-state index contributed by atoms with van der Waals surface area (Å²) in [6.45, 7) is 3.25. The van der Waals surface area contributed by atoms with Crippen molar-refractivity contribution in [3.05, 3.63) is 34.9 Å². The fourth-order valence-corrected chi connectivity index (χ4v) is 1.79. The minimum Gasteiger partial charge on any atom is -0.320 e. The fourth-order valence-electron chi connectivity index (χ4n) is 1.66. The van der Waals surface area contributed by atoms with Gasteiger partial charge in [-0.1, -0.05) is 23.7 Å². The van der Waals surface area contributed by atoms with Crippen LogP contribution in [0.15, 0.2) is 24.3 Å². The molecule has 0 aliphatic carbocycles. The topological polar surface area (TPSA) is 15.3 Å². The maximum absolute atomic E-state index is 5.85. The van der Waals surface area contributed by atoms with Gasteiger partial charge in [0.15, 0.2) is 0 Å². The molecule has 0 bridgehead atoms. The highest BCUT2D eigenvalue weighted by Crippen LogP contribution is 2.11. The summed E-state index contributed by atoms with van der Waals surface area (Å²) < 4.78 is 0. The zero-order valence-electron chi connectivity index (χ0n) is 10.2. The zero-order valence-corrected chi connectivity index (χ0v) is 10.9. The Balaban J connectivity index is 2.23. The van der Waals surface area contributed by atoms with E-state index in [1.165, 1.54) is 18.4 Å². The smallest absolute Gasteiger partial charge is 0.0406 e. The second-order valence-corrected chi connectivity index (χ2v) is 4.61. The van der Waals surface area contributed by atoms with Crippen LogP contribution in [0.2, 0.25) is 5.02 Å². The molecular formula is C13H21ClN2. The van der Waals surface area contributed by atoms with Crippen molar-refractivity contribution in [3.8, 4) is 0 Å². The summed E-state index contributed by atoms with van der Waals surface area (Å²) in [5, 5.41) is 3.97. The molecule has 16 heavy (non-hydrogen) atoms. The van der Waals surface area contributed by atoms with Gasteiger partial charge in [0.25, 0.3) is 0 Å². The second kappa shape index (κ2) is 7.66. The van der Waals surface area contributed by atoms with E-state index in [9.17, 15) is 0 Å². The van der Waals surface area contributed by atoms with Crippen molar-refractivity contribution in [3.63, 3.8) is 0 Å². The Labute approximate surface area is 104 Å². The van der Waals surface area contributed by atoms with Crippen LogP contribution in [0.1, 0.15) is 18.4 Å². The third kappa shape index (κ3) is 5.50. The molecule has 0 unspecified atom stereocenters. The highest BCUT2D eigenvalue weighted by molar-refractivity contribution is 6.30. The highest BCUT2D eigenvalue weighted by atomic mass is 35.5. The summed E-state index contributed by atoms with van der Waals surface area (Å²) in [7, 11) is 4.16. The molecule has 0 aliphatic rings. The SMILES string of the molecule is CNCCCCN(C)Cc1ccc(Cl)cc1. The van der Waals surface area contributed by atoms with Gasteiger partial charge >= 0.3 is 0 Å². The minimum absolute atomic E-state index is 0.806. The van der Waals surface area contributed by atoms with Gasteiger partial charge in [-0.05, 0) is 57.7 Å². The van der Waals surface area contributed by atoms with Crippen molar-refractivity contribution >= 4 is 11.6 Å². The number of rotatable bonds is 7. The molecule has 1 aromatic carbocycles. The molecule has 0 amide bonds. The molecule has 1 aromatic rings. The third-order valence-electron chi connectivity index (χ3n) is 2.58. The third-order valence-corrected chi connectivity index (χ3v) is 2.83. The molecule has 0 radical (unpaired) electrons. The summed E-state index contributed by atoms with van der Waals surface area (Å²) in [6, 6.07) is 8.08. The monoisotopic (exact) mass is 240 g/mol. The van der Waals surface area contributed by atoms with Gasteiger partial charge in [0.2, 0.25) is 0 Å². The Bertz CT molecular complexity index is 284. The van der Waals surface area contributed by atoms with E-state index in [4.69, 9.17) is 11.6 Å². The molecule has 0 heterocycles. The number of nitrogens with one attached hydrogen (secondary N) is 1. The molecule has 2 nitrogen and oxygen atoms in total. The molecule has 1 rings (SSSR count). The molecule has 0 saturated carbocycles. The van der Waals surface area contributed by atoms with Crippen molar-refractivity contribution in [1.29, 1.82) is 0 Å². The van der Waals surface area contributed by atoms with E-state index in [0.29, 0.717) is 0 Å². The van der Waals surface area contributed by atoms with E-state index in [1.54, 1.807) is 0 Å². The Morgan fingerprint density at radius 3 is 2.50 bits per heavy atom. The van der Waals surface area contributed by atoms with E-state index >= 15 is 0 Å². The maximum atomic E-state index is 5.85. The first-order chi connectivity index (χ1) is 7.72. The Kier molecular flexibility index (Phi) is 6.46. The van der Waals surface area contributed by atoms with Gasteiger partial charge in [0, 0.05) is 11.6 Å². The highest BCUT2D eigenvalue weighted by Gasteiger charge is 1.99. The van der Waals surface area contributed by atoms with Gasteiger partial charge in [-0.15, -0.1) is 0 Å². The molecule has 0 spiro atoms. The quantitative estimate of drug-likeness (QED) is 0.738. The molecule has 0 atom stereocenters. The lowest BCUT2D eigenvalue weighted by Crippen LogP contribution is -2.20. The first-order valence-electron chi connectivity index (χ1n) is 5.80. The summed E-state index contributed by atoms with van der Waals surface area (Å²) in [5.41, 5.74) is 1.32. The van der Waals surface area contributed by atoms with E-state index in [-0.39, 0.29) is 0 Å². The Morgan fingerprint density at radius 1 is 1.19 bits per heavy atom. The van der Waals surface area contributed by atoms with Crippen LogP contribution in [-0.2, 0) is 6.54 Å². The van der Waals surface area contributed by atoms with Crippen molar-refractivity contribution in [2.24, 2.45) is 0 Å². The van der Waals surface area contributed by atoms with Gasteiger partial charge < -0.3 is 10.2 Å². The summed E-state index contributed by atoms with van der Waals surface area (Å²) in [4.78, 5) is 2.35. The molecule has 0 aromatic heterocycles. The van der Waals surface area contributed by atoms with Crippen LogP contribution in [0.5, 0.6) is 0 Å². The van der Waals surface area contributed by atoms with Gasteiger partial charge in [-0.25, -0.2) is 0 Å². The van der Waals surface area contributed by atoms with Crippen molar-refractivity contribution < 1.29 is 0 Å². The molecule has 3 heteroatoms. The number of benzene rings is 1. The lowest BCUT2D eigenvalue weighted by atomic mass is 10.2. The largest absolute Gasteiger partial charge is 0.320 e. The standard InChI is InChI=1S/C13H21ClN2/c1-15-9-3-4-10-16(2)11-12-5-7-13(14)8-6-12/h5-8,15H,3-4,9-11H2,1-2H3. The van der Waals surface area contributed by atoms with Gasteiger partial charge in [0.05, 0.1) is 0 Å². The van der Waals surface area contributed by atoms with Crippen LogP contribution >= 0.6 is 11.6 Å². The maximum Gasteiger partial charge on any atom is 0.0406 e. The molecule has 1 N–H and O–H groups in total. The molecule has 0 saturated heterocycles. The summed E-state index contributed by atoms with van der Waals surface area (Å²) in [6.07, 6.45) is 2.48. The first-order valence-corrected chi connectivity index (χ1v) is 6.18. The Morgan fingerprint density at radius 2 is 1.88 bits per heavy atom. The first kappa shape index (κ1) is 13.5. The van der Waals surface area contributed by atoms with E-state index in [0.717, 1.165) is 24.7 Å². The van der Waals surface area contributed by atoms with Crippen LogP contribution < -0.4 is 5.32 Å². The van der Waals surface area contributed by atoms with Gasteiger partial charge in [0.1, 0.15) is 0 Å². The Hall–Kier alpha value is -0.570. The fraction of sp³-hybridized carbons (Fsp3) is 0.538. The molecule has 0 fully saturated rings. The lowest BCUT2D eigenvalue weighted by Gasteiger charge is -2.16. The van der Waals surface area contributed by atoms with Crippen molar-refractivity contribution in [2.75, 3.05) is 27.2 Å². The van der Waals surface area contributed by atoms with Crippen LogP contribution in [0.25, 0.3) is 0 Å². The van der Waals surface area contributed by atoms with E-state index < -0.39 is 0 Å². The predicted octanol–water partition coefficient (Wildman–Crippen LogP) is 2.77. The number of unbranched alkanes of at least 4 members (excludes halogenated alkanes) is 1. The molecule has 0 aliphatic heterocycles. The van der Waals surface area contributed by atoms with Gasteiger partial charge in [-0.3, -0.25) is 0 Å². The number of nitrogens with zero attached hydrogens (tertiary/aromatic N) is 1. The molecular weight excluding hydrogens is 220 g/mol. The normalized spacial score (nSPS) is 11.0. The van der Waals surface area contributed by atoms with Crippen molar-refractivity contribution in [2.45, 2.75) is 19.4 Å². The summed E-state index contributed by atoms with van der Waals surface area (Å²) >= 11 is 5.85. The second-order valence-electron chi connectivity index (χ2n) is 4.17. The van der Waals surface area contributed by atoms with Crippen LogP contribution in [-0.4, -0.2) is 32.1 Å². The zero-order chi connectivity index (χ0) is 11.8. The molecule has 90 valence electrons. The summed E-state index contributed by atoms with van der Waals surface area (Å²) in [5.74, 6) is 0. The lowest BCUT2D eigenvalue weighted by molar-refractivity contribution is 0.318. The van der Waals surface area contributed by atoms with E-state index in [1.807, 2.05) is 19.2 Å². The average Bonchev–Trinajstić information content (AvgIpc) is 2.28. The van der Waals surface area contributed by atoms with Crippen LogP contribution in [0, 0.1) is 0 Å². The van der Waals surface area contributed by atoms with Gasteiger partial charge in [-0.2, -0.15) is 0 Å². The average molecular weight is 241 g/mol. The van der Waals surface area contributed by atoms with Crippen LogP contribution in [0.4, 0.5) is 0 Å².